The number of hydrogen-bond acceptors (Lipinski definition) is 2. The lowest BCUT2D eigenvalue weighted by Gasteiger charge is -2.18. The first-order valence-corrected chi connectivity index (χ1v) is 6.44. The van der Waals surface area contributed by atoms with E-state index in [-0.39, 0.29) is 0 Å². The first kappa shape index (κ1) is 12.8. The fraction of sp³-hybridized carbons (Fsp3) is 0.312. The third kappa shape index (κ3) is 3.17. The molecule has 2 nitrogen and oxygen atoms in total. The Morgan fingerprint density at radius 3 is 2.56 bits per heavy atom. The molecule has 0 bridgehead atoms. The highest BCUT2D eigenvalue weighted by atomic mass is 14.9. The maximum atomic E-state index is 4.36. The van der Waals surface area contributed by atoms with Crippen LogP contribution in [-0.4, -0.2) is 12.0 Å². The second-order valence-electron chi connectivity index (χ2n) is 4.54. The van der Waals surface area contributed by atoms with Crippen LogP contribution in [0.1, 0.15) is 29.3 Å². The summed E-state index contributed by atoms with van der Waals surface area (Å²) in [4.78, 5) is 4.36. The monoisotopic (exact) mass is 240 g/mol. The van der Waals surface area contributed by atoms with E-state index in [0.717, 1.165) is 18.5 Å². The molecular weight excluding hydrogens is 220 g/mol. The van der Waals surface area contributed by atoms with Gasteiger partial charge in [-0.25, -0.2) is 0 Å². The number of hydrogen-bond donors (Lipinski definition) is 1. The number of nitrogens with zero attached hydrogens (tertiary/aromatic N) is 1. The molecule has 0 aliphatic carbocycles. The van der Waals surface area contributed by atoms with Crippen LogP contribution < -0.4 is 5.32 Å². The van der Waals surface area contributed by atoms with Crippen molar-refractivity contribution >= 4 is 0 Å². The van der Waals surface area contributed by atoms with Crippen LogP contribution in [0.3, 0.4) is 0 Å². The summed E-state index contributed by atoms with van der Waals surface area (Å²) < 4.78 is 0. The topological polar surface area (TPSA) is 24.9 Å². The molecule has 2 heteroatoms. The first-order chi connectivity index (χ1) is 8.81. The number of aromatic nitrogens is 1. The molecule has 2 aromatic rings. The molecular formula is C16H20N2. The molecule has 0 saturated carbocycles. The number of nitrogens with one attached hydrogen (secondary N) is 1. The first-order valence-electron chi connectivity index (χ1n) is 6.44. The molecule has 0 spiro atoms. The predicted octanol–water partition coefficient (Wildman–Crippen LogP) is 3.28. The van der Waals surface area contributed by atoms with Gasteiger partial charge < -0.3 is 5.32 Å². The van der Waals surface area contributed by atoms with Crippen LogP contribution in [0.5, 0.6) is 0 Å². The van der Waals surface area contributed by atoms with Gasteiger partial charge in [-0.05, 0) is 44.0 Å². The minimum absolute atomic E-state index is 0.374. The van der Waals surface area contributed by atoms with Crippen LogP contribution in [0.4, 0.5) is 0 Å². The molecule has 0 aliphatic heterocycles. The largest absolute Gasteiger partial charge is 0.313 e. The van der Waals surface area contributed by atoms with E-state index in [4.69, 9.17) is 0 Å². The summed E-state index contributed by atoms with van der Waals surface area (Å²) in [5.74, 6) is 0. The van der Waals surface area contributed by atoms with Gasteiger partial charge in [-0.3, -0.25) is 4.98 Å². The van der Waals surface area contributed by atoms with Crippen molar-refractivity contribution in [2.75, 3.05) is 7.05 Å². The average molecular weight is 240 g/mol. The van der Waals surface area contributed by atoms with Gasteiger partial charge in [0.1, 0.15) is 0 Å². The molecule has 0 saturated heterocycles. The Hall–Kier alpha value is -1.67. The van der Waals surface area contributed by atoms with Crippen molar-refractivity contribution < 1.29 is 0 Å². The zero-order valence-corrected chi connectivity index (χ0v) is 11.1. The molecule has 1 N–H and O–H groups in total. The van der Waals surface area contributed by atoms with E-state index in [9.17, 15) is 0 Å². The summed E-state index contributed by atoms with van der Waals surface area (Å²) in [6.45, 7) is 2.07. The molecule has 0 fully saturated rings. The highest BCUT2D eigenvalue weighted by Crippen LogP contribution is 2.20. The fourth-order valence-corrected chi connectivity index (χ4v) is 2.28. The summed E-state index contributed by atoms with van der Waals surface area (Å²) in [7, 11) is 2.02. The lowest BCUT2D eigenvalue weighted by Crippen LogP contribution is -2.18. The second-order valence-corrected chi connectivity index (χ2v) is 4.54. The van der Waals surface area contributed by atoms with E-state index in [0.29, 0.717) is 6.04 Å². The van der Waals surface area contributed by atoms with E-state index in [1.165, 1.54) is 11.1 Å². The maximum absolute atomic E-state index is 4.36. The molecule has 94 valence electrons. The standard InChI is InChI=1S/C16H20N2/c1-13-15(9-6-12-18-13)16(17-2)11-10-14-7-4-3-5-8-14/h3-9,12,16-17H,10-11H2,1-2H3. The van der Waals surface area contributed by atoms with E-state index in [2.05, 4.69) is 53.6 Å². The lowest BCUT2D eigenvalue weighted by atomic mass is 9.98. The van der Waals surface area contributed by atoms with Crippen molar-refractivity contribution in [2.24, 2.45) is 0 Å². The summed E-state index contributed by atoms with van der Waals surface area (Å²) in [6, 6.07) is 15.2. The van der Waals surface area contributed by atoms with E-state index >= 15 is 0 Å². The SMILES string of the molecule is CNC(CCc1ccccc1)c1cccnc1C. The van der Waals surface area contributed by atoms with Gasteiger partial charge in [0, 0.05) is 17.9 Å². The van der Waals surface area contributed by atoms with Gasteiger partial charge in [0.05, 0.1) is 0 Å². The van der Waals surface area contributed by atoms with Crippen LogP contribution in [0.2, 0.25) is 0 Å². The molecule has 1 aromatic heterocycles. The lowest BCUT2D eigenvalue weighted by molar-refractivity contribution is 0.544. The summed E-state index contributed by atoms with van der Waals surface area (Å²) in [5, 5.41) is 3.39. The highest BCUT2D eigenvalue weighted by Gasteiger charge is 2.11. The third-order valence-corrected chi connectivity index (χ3v) is 3.34. The Kier molecular flexibility index (Phi) is 4.48. The van der Waals surface area contributed by atoms with Gasteiger partial charge in [-0.2, -0.15) is 0 Å². The number of aryl methyl sites for hydroxylation is 2. The smallest absolute Gasteiger partial charge is 0.0420 e. The minimum Gasteiger partial charge on any atom is -0.313 e. The molecule has 18 heavy (non-hydrogen) atoms. The Morgan fingerprint density at radius 1 is 1.11 bits per heavy atom. The molecule has 1 atom stereocenters. The van der Waals surface area contributed by atoms with Crippen molar-refractivity contribution in [2.45, 2.75) is 25.8 Å². The van der Waals surface area contributed by atoms with Crippen molar-refractivity contribution in [1.29, 1.82) is 0 Å². The predicted molar refractivity (Wildman–Crippen MR) is 75.5 cm³/mol. The number of rotatable bonds is 5. The van der Waals surface area contributed by atoms with Gasteiger partial charge >= 0.3 is 0 Å². The molecule has 2 rings (SSSR count). The summed E-state index contributed by atoms with van der Waals surface area (Å²) in [5.41, 5.74) is 3.81. The van der Waals surface area contributed by atoms with E-state index < -0.39 is 0 Å². The molecule has 1 aromatic carbocycles. The Labute approximate surface area is 109 Å². The third-order valence-electron chi connectivity index (χ3n) is 3.34. The van der Waals surface area contributed by atoms with Gasteiger partial charge in [0.15, 0.2) is 0 Å². The van der Waals surface area contributed by atoms with Gasteiger partial charge in [-0.1, -0.05) is 36.4 Å². The van der Waals surface area contributed by atoms with Gasteiger partial charge in [0.25, 0.3) is 0 Å². The quantitative estimate of drug-likeness (QED) is 0.867. The van der Waals surface area contributed by atoms with Crippen molar-refractivity contribution in [1.82, 2.24) is 10.3 Å². The number of benzene rings is 1. The molecule has 0 radical (unpaired) electrons. The minimum atomic E-state index is 0.374. The van der Waals surface area contributed by atoms with Gasteiger partial charge in [-0.15, -0.1) is 0 Å². The van der Waals surface area contributed by atoms with Crippen LogP contribution in [-0.2, 0) is 6.42 Å². The Morgan fingerprint density at radius 2 is 1.89 bits per heavy atom. The van der Waals surface area contributed by atoms with E-state index in [1.54, 1.807) is 0 Å². The van der Waals surface area contributed by atoms with Crippen molar-refractivity contribution in [3.63, 3.8) is 0 Å². The molecule has 1 unspecified atom stereocenters. The van der Waals surface area contributed by atoms with Crippen LogP contribution in [0.25, 0.3) is 0 Å². The maximum Gasteiger partial charge on any atom is 0.0420 e. The van der Waals surface area contributed by atoms with E-state index in [1.807, 2.05) is 19.3 Å². The number of pyridine rings is 1. The molecule has 1 heterocycles. The average Bonchev–Trinajstić information content (AvgIpc) is 2.42. The van der Waals surface area contributed by atoms with Crippen molar-refractivity contribution in [3.8, 4) is 0 Å². The zero-order valence-electron chi connectivity index (χ0n) is 11.1. The van der Waals surface area contributed by atoms with Crippen LogP contribution >= 0.6 is 0 Å². The van der Waals surface area contributed by atoms with Gasteiger partial charge in [0.2, 0.25) is 0 Å². The highest BCUT2D eigenvalue weighted by molar-refractivity contribution is 5.23. The Bertz CT molecular complexity index is 479. The zero-order chi connectivity index (χ0) is 12.8. The van der Waals surface area contributed by atoms with Crippen LogP contribution in [0.15, 0.2) is 48.7 Å². The second kappa shape index (κ2) is 6.31. The normalized spacial score (nSPS) is 12.3. The Balaban J connectivity index is 2.04. The van der Waals surface area contributed by atoms with Crippen LogP contribution in [0, 0.1) is 6.92 Å². The van der Waals surface area contributed by atoms with Crippen molar-refractivity contribution in [3.05, 3.63) is 65.5 Å². The fourth-order valence-electron chi connectivity index (χ4n) is 2.28. The summed E-state index contributed by atoms with van der Waals surface area (Å²) >= 11 is 0. The molecule has 0 aliphatic rings. The summed E-state index contributed by atoms with van der Waals surface area (Å²) in [6.07, 6.45) is 4.02. The molecule has 0 amide bonds.